The zero-order valence-electron chi connectivity index (χ0n) is 11.9. The van der Waals surface area contributed by atoms with E-state index < -0.39 is 5.97 Å². The van der Waals surface area contributed by atoms with Crippen molar-refractivity contribution in [2.75, 3.05) is 19.5 Å². The number of carbonyl (C=O) groups is 1. The summed E-state index contributed by atoms with van der Waals surface area (Å²) >= 11 is 1.37. The molecule has 0 saturated heterocycles. The van der Waals surface area contributed by atoms with Gasteiger partial charge in [0.2, 0.25) is 0 Å². The lowest BCUT2D eigenvalue weighted by Gasteiger charge is -2.10. The number of nitrogens with zero attached hydrogens (tertiary/aromatic N) is 2. The zero-order chi connectivity index (χ0) is 14.9. The van der Waals surface area contributed by atoms with Crippen LogP contribution in [0.15, 0.2) is 10.9 Å². The topological polar surface area (TPSA) is 73.2 Å². The van der Waals surface area contributed by atoms with Crippen LogP contribution in [0, 0.1) is 0 Å². The van der Waals surface area contributed by atoms with Gasteiger partial charge in [-0.2, -0.15) is 5.10 Å². The molecule has 0 aliphatic heterocycles. The molecule has 7 heteroatoms. The minimum absolute atomic E-state index is 0.154. The minimum atomic E-state index is -0.487. The van der Waals surface area contributed by atoms with E-state index in [4.69, 9.17) is 0 Å². The number of thiophene rings is 1. The van der Waals surface area contributed by atoms with Gasteiger partial charge in [-0.25, -0.2) is 4.68 Å². The van der Waals surface area contributed by atoms with E-state index in [1.54, 1.807) is 7.05 Å². The SMILES string of the molecule is CNc1cc2c(C(C)C)nn(CC(=O)OC)c(=O)c2s1. The lowest BCUT2D eigenvalue weighted by molar-refractivity contribution is -0.141. The Balaban J connectivity index is 2.68. The van der Waals surface area contributed by atoms with Crippen molar-refractivity contribution in [3.63, 3.8) is 0 Å². The van der Waals surface area contributed by atoms with Gasteiger partial charge in [0.05, 0.1) is 17.8 Å². The lowest BCUT2D eigenvalue weighted by Crippen LogP contribution is -2.28. The van der Waals surface area contributed by atoms with E-state index in [0.717, 1.165) is 16.1 Å². The molecular formula is C13H17N3O3S. The molecule has 0 fully saturated rings. The van der Waals surface area contributed by atoms with Crippen molar-refractivity contribution in [2.45, 2.75) is 26.3 Å². The second kappa shape index (κ2) is 5.62. The highest BCUT2D eigenvalue weighted by Gasteiger charge is 2.17. The van der Waals surface area contributed by atoms with Crippen molar-refractivity contribution in [3.8, 4) is 0 Å². The number of aromatic nitrogens is 2. The summed E-state index contributed by atoms with van der Waals surface area (Å²) in [5.41, 5.74) is 0.544. The Bertz CT molecular complexity index is 703. The van der Waals surface area contributed by atoms with E-state index >= 15 is 0 Å². The smallest absolute Gasteiger partial charge is 0.327 e. The molecule has 0 amide bonds. The fraction of sp³-hybridized carbons (Fsp3) is 0.462. The fourth-order valence-electron chi connectivity index (χ4n) is 1.93. The van der Waals surface area contributed by atoms with Crippen LogP contribution in [0.3, 0.4) is 0 Å². The molecule has 0 aromatic carbocycles. The first-order chi connectivity index (χ1) is 9.47. The average Bonchev–Trinajstić information content (AvgIpc) is 2.85. The molecule has 0 unspecified atom stereocenters. The van der Waals surface area contributed by atoms with Gasteiger partial charge in [0.1, 0.15) is 11.2 Å². The van der Waals surface area contributed by atoms with Gasteiger partial charge < -0.3 is 10.1 Å². The zero-order valence-corrected chi connectivity index (χ0v) is 12.7. The maximum atomic E-state index is 12.4. The van der Waals surface area contributed by atoms with Gasteiger partial charge in [0.15, 0.2) is 0 Å². The molecule has 0 spiro atoms. The molecule has 1 N–H and O–H groups in total. The molecule has 0 atom stereocenters. The molecule has 2 heterocycles. The van der Waals surface area contributed by atoms with Gasteiger partial charge in [0.25, 0.3) is 5.56 Å². The van der Waals surface area contributed by atoms with Gasteiger partial charge >= 0.3 is 5.97 Å². The van der Waals surface area contributed by atoms with E-state index in [1.165, 1.54) is 23.1 Å². The number of rotatable bonds is 4. The van der Waals surface area contributed by atoms with E-state index in [2.05, 4.69) is 15.2 Å². The maximum Gasteiger partial charge on any atom is 0.327 e. The number of esters is 1. The molecular weight excluding hydrogens is 278 g/mol. The summed E-state index contributed by atoms with van der Waals surface area (Å²) in [6.45, 7) is 3.84. The Morgan fingerprint density at radius 1 is 1.55 bits per heavy atom. The molecule has 2 aromatic rings. The average molecular weight is 295 g/mol. The first-order valence-electron chi connectivity index (χ1n) is 6.27. The van der Waals surface area contributed by atoms with Gasteiger partial charge in [-0.3, -0.25) is 9.59 Å². The van der Waals surface area contributed by atoms with Crippen molar-refractivity contribution in [1.29, 1.82) is 0 Å². The number of carbonyl (C=O) groups excluding carboxylic acids is 1. The number of nitrogens with one attached hydrogen (secondary N) is 1. The first kappa shape index (κ1) is 14.5. The van der Waals surface area contributed by atoms with Crippen molar-refractivity contribution < 1.29 is 9.53 Å². The number of fused-ring (bicyclic) bond motifs is 1. The number of hydrogen-bond donors (Lipinski definition) is 1. The quantitative estimate of drug-likeness (QED) is 0.871. The third-order valence-electron chi connectivity index (χ3n) is 2.96. The Morgan fingerprint density at radius 3 is 2.80 bits per heavy atom. The van der Waals surface area contributed by atoms with Crippen LogP contribution in [-0.4, -0.2) is 29.9 Å². The van der Waals surface area contributed by atoms with E-state index in [0.29, 0.717) is 4.70 Å². The Kier molecular flexibility index (Phi) is 4.08. The molecule has 0 radical (unpaired) electrons. The summed E-state index contributed by atoms with van der Waals surface area (Å²) < 4.78 is 6.39. The van der Waals surface area contributed by atoms with Crippen molar-refractivity contribution in [1.82, 2.24) is 9.78 Å². The molecule has 2 aromatic heterocycles. The van der Waals surface area contributed by atoms with Crippen molar-refractivity contribution >= 4 is 32.4 Å². The maximum absolute atomic E-state index is 12.4. The van der Waals surface area contributed by atoms with Gasteiger partial charge in [-0.05, 0) is 12.0 Å². The summed E-state index contributed by atoms with van der Waals surface area (Å²) in [6, 6.07) is 1.92. The van der Waals surface area contributed by atoms with Crippen LogP contribution in [0.4, 0.5) is 5.00 Å². The summed E-state index contributed by atoms with van der Waals surface area (Å²) in [5, 5.41) is 9.10. The number of hydrogen-bond acceptors (Lipinski definition) is 6. The minimum Gasteiger partial charge on any atom is -0.468 e. The number of anilines is 1. The normalized spacial score (nSPS) is 11.1. The highest BCUT2D eigenvalue weighted by molar-refractivity contribution is 7.22. The lowest BCUT2D eigenvalue weighted by atomic mass is 10.1. The standard InChI is InChI=1S/C13H17N3O3S/c1-7(2)11-8-5-9(14-3)20-12(8)13(18)16(15-11)6-10(17)19-4/h5,7,14H,6H2,1-4H3. The summed E-state index contributed by atoms with van der Waals surface area (Å²) in [6.07, 6.45) is 0. The van der Waals surface area contributed by atoms with Crippen LogP contribution >= 0.6 is 11.3 Å². The highest BCUT2D eigenvalue weighted by atomic mass is 32.1. The molecule has 0 aliphatic carbocycles. The van der Waals surface area contributed by atoms with Crippen LogP contribution in [-0.2, 0) is 16.1 Å². The Morgan fingerprint density at radius 2 is 2.25 bits per heavy atom. The summed E-state index contributed by atoms with van der Waals surface area (Å²) in [5.74, 6) is -0.333. The van der Waals surface area contributed by atoms with E-state index in [9.17, 15) is 9.59 Å². The van der Waals surface area contributed by atoms with Gasteiger partial charge in [-0.15, -0.1) is 11.3 Å². The van der Waals surface area contributed by atoms with Crippen LogP contribution in [0.5, 0.6) is 0 Å². The second-order valence-corrected chi connectivity index (χ2v) is 5.73. The van der Waals surface area contributed by atoms with Crippen LogP contribution in [0.2, 0.25) is 0 Å². The van der Waals surface area contributed by atoms with Gasteiger partial charge in [0, 0.05) is 12.4 Å². The fourth-order valence-corrected chi connectivity index (χ4v) is 2.90. The van der Waals surface area contributed by atoms with Crippen molar-refractivity contribution in [2.24, 2.45) is 0 Å². The predicted molar refractivity (Wildman–Crippen MR) is 79.5 cm³/mol. The Labute approximate surface area is 120 Å². The van der Waals surface area contributed by atoms with Crippen LogP contribution in [0.25, 0.3) is 10.1 Å². The molecule has 2 rings (SSSR count). The molecule has 108 valence electrons. The molecule has 20 heavy (non-hydrogen) atoms. The third-order valence-corrected chi connectivity index (χ3v) is 4.11. The number of ether oxygens (including phenoxy) is 1. The molecule has 6 nitrogen and oxygen atoms in total. The largest absolute Gasteiger partial charge is 0.468 e. The van der Waals surface area contributed by atoms with Crippen LogP contribution < -0.4 is 10.9 Å². The second-order valence-electron chi connectivity index (χ2n) is 4.68. The van der Waals surface area contributed by atoms with Crippen molar-refractivity contribution in [3.05, 3.63) is 22.1 Å². The molecule has 0 aliphatic rings. The third kappa shape index (κ3) is 2.53. The highest BCUT2D eigenvalue weighted by Crippen LogP contribution is 2.31. The monoisotopic (exact) mass is 295 g/mol. The van der Waals surface area contributed by atoms with Crippen LogP contribution in [0.1, 0.15) is 25.5 Å². The molecule has 0 bridgehead atoms. The molecule has 0 saturated carbocycles. The van der Waals surface area contributed by atoms with Gasteiger partial charge in [-0.1, -0.05) is 13.8 Å². The van der Waals surface area contributed by atoms with E-state index in [-0.39, 0.29) is 18.0 Å². The predicted octanol–water partition coefficient (Wildman–Crippen LogP) is 1.80. The number of methoxy groups -OCH3 is 1. The summed E-state index contributed by atoms with van der Waals surface area (Å²) in [7, 11) is 3.10. The summed E-state index contributed by atoms with van der Waals surface area (Å²) in [4.78, 5) is 23.7. The Hall–Kier alpha value is -1.89. The first-order valence-corrected chi connectivity index (χ1v) is 7.08. The van der Waals surface area contributed by atoms with E-state index in [1.807, 2.05) is 19.9 Å².